The summed E-state index contributed by atoms with van der Waals surface area (Å²) in [5.41, 5.74) is 1.42. The molecule has 0 radical (unpaired) electrons. The molecule has 2 aliphatic heterocycles. The number of hydrogen-bond acceptors (Lipinski definition) is 4. The predicted molar refractivity (Wildman–Crippen MR) is 76.4 cm³/mol. The fraction of sp³-hybridized carbons (Fsp3) is 0.571. The van der Waals surface area contributed by atoms with Crippen LogP contribution in [0.5, 0.6) is 0 Å². The fourth-order valence-corrected chi connectivity index (χ4v) is 2.47. The van der Waals surface area contributed by atoms with Crippen LogP contribution in [0.15, 0.2) is 23.7 Å². The van der Waals surface area contributed by atoms with E-state index in [-0.39, 0.29) is 11.9 Å². The molecule has 0 saturated carbocycles. The zero-order valence-electron chi connectivity index (χ0n) is 11.8. The van der Waals surface area contributed by atoms with Crippen LogP contribution in [0.4, 0.5) is 0 Å². The molecule has 0 bridgehead atoms. The highest BCUT2D eigenvalue weighted by Crippen LogP contribution is 2.09. The molecule has 1 unspecified atom stereocenters. The van der Waals surface area contributed by atoms with Crippen molar-refractivity contribution in [3.05, 3.63) is 23.7 Å². The Bertz CT molecular complexity index is 425. The first-order valence-electron chi connectivity index (χ1n) is 7.09. The summed E-state index contributed by atoms with van der Waals surface area (Å²) in [4.78, 5) is 24.7. The lowest BCUT2D eigenvalue weighted by Crippen LogP contribution is -2.41. The van der Waals surface area contributed by atoms with Crippen LogP contribution in [-0.2, 0) is 9.59 Å². The molecule has 2 aliphatic rings. The minimum Gasteiger partial charge on any atom is -0.381 e. The third-order valence-electron chi connectivity index (χ3n) is 3.59. The Kier molecular flexibility index (Phi) is 5.17. The topological polar surface area (TPSA) is 73.5 Å². The Morgan fingerprint density at radius 1 is 1.45 bits per heavy atom. The van der Waals surface area contributed by atoms with Gasteiger partial charge in [0.15, 0.2) is 0 Å². The molecule has 0 spiro atoms. The summed E-state index contributed by atoms with van der Waals surface area (Å²) < 4.78 is 0. The summed E-state index contributed by atoms with van der Waals surface area (Å²) >= 11 is 0. The maximum Gasteiger partial charge on any atom is 0.238 e. The quantitative estimate of drug-likeness (QED) is 0.621. The van der Waals surface area contributed by atoms with Crippen molar-refractivity contribution in [2.45, 2.75) is 32.2 Å². The van der Waals surface area contributed by atoms with Gasteiger partial charge in [-0.2, -0.15) is 0 Å². The number of likely N-dealkylation sites (tertiary alicyclic amines) is 1. The van der Waals surface area contributed by atoms with Crippen molar-refractivity contribution >= 4 is 12.3 Å². The molecule has 2 amide bonds. The van der Waals surface area contributed by atoms with Crippen molar-refractivity contribution in [1.82, 2.24) is 20.9 Å². The average Bonchev–Trinajstić information content (AvgIpc) is 2.44. The Morgan fingerprint density at radius 2 is 2.20 bits per heavy atom. The monoisotopic (exact) mass is 278 g/mol. The second kappa shape index (κ2) is 7.09. The molecule has 0 aliphatic carbocycles. The first-order valence-corrected chi connectivity index (χ1v) is 7.09. The van der Waals surface area contributed by atoms with Crippen molar-refractivity contribution in [2.24, 2.45) is 0 Å². The van der Waals surface area contributed by atoms with Gasteiger partial charge in [0.2, 0.25) is 12.3 Å². The maximum atomic E-state index is 12.0. The van der Waals surface area contributed by atoms with Gasteiger partial charge in [0, 0.05) is 11.9 Å². The van der Waals surface area contributed by atoms with Crippen LogP contribution in [0, 0.1) is 0 Å². The molecular weight excluding hydrogens is 256 g/mol. The number of piperidine rings is 1. The van der Waals surface area contributed by atoms with Crippen molar-refractivity contribution in [3.63, 3.8) is 0 Å². The molecule has 2 rings (SSSR count). The van der Waals surface area contributed by atoms with E-state index in [1.165, 1.54) is 19.3 Å². The summed E-state index contributed by atoms with van der Waals surface area (Å²) in [6.07, 6.45) is 7.78. The van der Waals surface area contributed by atoms with Crippen LogP contribution in [0.3, 0.4) is 0 Å². The highest BCUT2D eigenvalue weighted by molar-refractivity contribution is 5.80. The van der Waals surface area contributed by atoms with E-state index < -0.39 is 0 Å². The lowest BCUT2D eigenvalue weighted by molar-refractivity contribution is -0.121. The van der Waals surface area contributed by atoms with Gasteiger partial charge in [0.05, 0.1) is 18.3 Å². The van der Waals surface area contributed by atoms with E-state index in [4.69, 9.17) is 0 Å². The number of nitrogens with one attached hydrogen (secondary N) is 3. The van der Waals surface area contributed by atoms with Gasteiger partial charge < -0.3 is 16.0 Å². The molecule has 0 aromatic rings. The highest BCUT2D eigenvalue weighted by atomic mass is 16.2. The molecule has 3 N–H and O–H groups in total. The van der Waals surface area contributed by atoms with Gasteiger partial charge >= 0.3 is 0 Å². The molecular formula is C14H22N4O2. The predicted octanol–water partition coefficient (Wildman–Crippen LogP) is 0.0515. The van der Waals surface area contributed by atoms with Gasteiger partial charge in [-0.1, -0.05) is 6.42 Å². The zero-order valence-corrected chi connectivity index (χ0v) is 11.8. The molecule has 0 aromatic carbocycles. The van der Waals surface area contributed by atoms with Crippen molar-refractivity contribution in [3.8, 4) is 0 Å². The second-order valence-electron chi connectivity index (χ2n) is 5.23. The van der Waals surface area contributed by atoms with E-state index in [9.17, 15) is 9.59 Å². The molecule has 110 valence electrons. The summed E-state index contributed by atoms with van der Waals surface area (Å²) in [6.45, 7) is 4.35. The number of allylic oxidation sites excluding steroid dienone is 1. The molecule has 1 fully saturated rings. The summed E-state index contributed by atoms with van der Waals surface area (Å²) in [5, 5.41) is 8.59. The largest absolute Gasteiger partial charge is 0.381 e. The molecule has 2 heterocycles. The summed E-state index contributed by atoms with van der Waals surface area (Å²) in [5.74, 6) is -0.0174. The number of amides is 2. The Labute approximate surface area is 119 Å². The number of nitrogens with zero attached hydrogens (tertiary/aromatic N) is 1. The lowest BCUT2D eigenvalue weighted by atomic mass is 10.1. The van der Waals surface area contributed by atoms with Crippen molar-refractivity contribution in [2.75, 3.05) is 19.6 Å². The van der Waals surface area contributed by atoms with Gasteiger partial charge in [-0.3, -0.25) is 14.5 Å². The Hall–Kier alpha value is -1.82. The fourth-order valence-electron chi connectivity index (χ4n) is 2.47. The van der Waals surface area contributed by atoms with Gasteiger partial charge in [-0.05, 0) is 38.9 Å². The van der Waals surface area contributed by atoms with E-state index in [0.29, 0.717) is 18.7 Å². The standard InChI is InChI=1S/C14H22N4O2/c1-11-13(16-10-19)7-12(8-15-11)17-14(20)9-18-5-3-2-4-6-18/h7-8,10-11,15H,2-6,9H2,1H3,(H,16,19)(H,17,20). The van der Waals surface area contributed by atoms with Crippen LogP contribution >= 0.6 is 0 Å². The maximum absolute atomic E-state index is 12.0. The zero-order chi connectivity index (χ0) is 14.4. The second-order valence-corrected chi connectivity index (χ2v) is 5.23. The molecule has 20 heavy (non-hydrogen) atoms. The highest BCUT2D eigenvalue weighted by Gasteiger charge is 2.16. The molecule has 0 aromatic heterocycles. The van der Waals surface area contributed by atoms with E-state index in [2.05, 4.69) is 20.9 Å². The van der Waals surface area contributed by atoms with Crippen LogP contribution in [-0.4, -0.2) is 42.9 Å². The SMILES string of the molecule is CC1NC=C(NC(=O)CN2CCCCC2)C=C1NC=O. The number of hydrogen-bond donors (Lipinski definition) is 3. The molecule has 6 heteroatoms. The van der Waals surface area contributed by atoms with E-state index >= 15 is 0 Å². The van der Waals surface area contributed by atoms with E-state index in [1.807, 2.05) is 6.92 Å². The van der Waals surface area contributed by atoms with Crippen LogP contribution in [0.25, 0.3) is 0 Å². The third kappa shape index (κ3) is 4.09. The average molecular weight is 278 g/mol. The Morgan fingerprint density at radius 3 is 2.90 bits per heavy atom. The van der Waals surface area contributed by atoms with Gasteiger partial charge in [0.25, 0.3) is 0 Å². The number of carbonyl (C=O) groups excluding carboxylic acids is 2. The van der Waals surface area contributed by atoms with Gasteiger partial charge in [-0.15, -0.1) is 0 Å². The lowest BCUT2D eigenvalue weighted by Gasteiger charge is -2.26. The minimum atomic E-state index is -0.0174. The summed E-state index contributed by atoms with van der Waals surface area (Å²) in [7, 11) is 0. The Balaban J connectivity index is 1.85. The van der Waals surface area contributed by atoms with E-state index in [0.717, 1.165) is 18.8 Å². The van der Waals surface area contributed by atoms with Crippen LogP contribution < -0.4 is 16.0 Å². The number of dihydropyridines is 1. The minimum absolute atomic E-state index is 0.0174. The first kappa shape index (κ1) is 14.6. The van der Waals surface area contributed by atoms with Crippen molar-refractivity contribution in [1.29, 1.82) is 0 Å². The third-order valence-corrected chi connectivity index (χ3v) is 3.59. The molecule has 1 saturated heterocycles. The molecule has 6 nitrogen and oxygen atoms in total. The van der Waals surface area contributed by atoms with Crippen LogP contribution in [0.1, 0.15) is 26.2 Å². The number of rotatable bonds is 5. The summed E-state index contributed by atoms with van der Waals surface area (Å²) in [6, 6.07) is 0.0305. The van der Waals surface area contributed by atoms with Crippen molar-refractivity contribution < 1.29 is 9.59 Å². The molecule has 1 atom stereocenters. The number of carbonyl (C=O) groups is 2. The smallest absolute Gasteiger partial charge is 0.238 e. The van der Waals surface area contributed by atoms with Gasteiger partial charge in [0.1, 0.15) is 0 Å². The van der Waals surface area contributed by atoms with E-state index in [1.54, 1.807) is 12.3 Å². The first-order chi connectivity index (χ1) is 9.69. The normalized spacial score (nSPS) is 23.1. The van der Waals surface area contributed by atoms with Crippen LogP contribution in [0.2, 0.25) is 0 Å². The van der Waals surface area contributed by atoms with Gasteiger partial charge in [-0.25, -0.2) is 0 Å².